The molecule has 0 bridgehead atoms. The summed E-state index contributed by atoms with van der Waals surface area (Å²) in [7, 11) is 0. The Kier molecular flexibility index (Phi) is 4.30. The van der Waals surface area contributed by atoms with Crippen LogP contribution in [-0.4, -0.2) is 16.7 Å². The number of benzene rings is 1. The molecule has 0 aliphatic rings. The van der Waals surface area contributed by atoms with Crippen LogP contribution in [0.2, 0.25) is 0 Å². The molecule has 0 aliphatic heterocycles. The fourth-order valence-corrected chi connectivity index (χ4v) is 1.70. The van der Waals surface area contributed by atoms with Crippen molar-refractivity contribution in [2.45, 2.75) is 26.5 Å². The van der Waals surface area contributed by atoms with E-state index in [9.17, 15) is 0 Å². The molecular weight excluding hydrogens is 230 g/mol. The molecule has 0 spiro atoms. The number of nitrogens with zero attached hydrogens (tertiary/aromatic N) is 2. The Morgan fingerprint density at radius 3 is 3.06 bits per heavy atom. The van der Waals surface area contributed by atoms with Gasteiger partial charge < -0.3 is 14.6 Å². The van der Waals surface area contributed by atoms with Gasteiger partial charge in [-0.15, -0.1) is 0 Å². The lowest BCUT2D eigenvalue weighted by Gasteiger charge is -2.13. The maximum Gasteiger partial charge on any atom is 0.213 e. The highest BCUT2D eigenvalue weighted by Gasteiger charge is 2.05. The van der Waals surface area contributed by atoms with Crippen LogP contribution in [0.1, 0.15) is 31.3 Å². The van der Waals surface area contributed by atoms with Gasteiger partial charge in [0.2, 0.25) is 12.2 Å². The van der Waals surface area contributed by atoms with E-state index in [4.69, 9.17) is 4.74 Å². The van der Waals surface area contributed by atoms with Crippen LogP contribution in [0, 0.1) is 0 Å². The molecule has 0 fully saturated rings. The normalized spacial score (nSPS) is 12.3. The summed E-state index contributed by atoms with van der Waals surface area (Å²) in [6, 6.07) is 8.31. The lowest BCUT2D eigenvalue weighted by atomic mass is 10.1. The Morgan fingerprint density at radius 1 is 1.44 bits per heavy atom. The molecular formula is C13H17N3O2. The van der Waals surface area contributed by atoms with Gasteiger partial charge in [-0.2, -0.15) is 4.98 Å². The molecule has 0 amide bonds. The van der Waals surface area contributed by atoms with E-state index in [-0.39, 0.29) is 0 Å². The van der Waals surface area contributed by atoms with Crippen LogP contribution < -0.4 is 10.1 Å². The minimum Gasteiger partial charge on any atom is -0.485 e. The van der Waals surface area contributed by atoms with Gasteiger partial charge in [-0.25, -0.2) is 0 Å². The van der Waals surface area contributed by atoms with Crippen molar-refractivity contribution in [1.82, 2.24) is 15.5 Å². The fourth-order valence-electron chi connectivity index (χ4n) is 1.70. The smallest absolute Gasteiger partial charge is 0.213 e. The monoisotopic (exact) mass is 247 g/mol. The van der Waals surface area contributed by atoms with Gasteiger partial charge in [0.15, 0.2) is 6.61 Å². The molecule has 0 radical (unpaired) electrons. The topological polar surface area (TPSA) is 60.2 Å². The van der Waals surface area contributed by atoms with Gasteiger partial charge in [-0.3, -0.25) is 0 Å². The van der Waals surface area contributed by atoms with E-state index >= 15 is 0 Å². The summed E-state index contributed by atoms with van der Waals surface area (Å²) in [4.78, 5) is 3.90. The second-order valence-electron chi connectivity index (χ2n) is 3.99. The van der Waals surface area contributed by atoms with Gasteiger partial charge >= 0.3 is 0 Å². The van der Waals surface area contributed by atoms with Crippen LogP contribution in [0.4, 0.5) is 0 Å². The summed E-state index contributed by atoms with van der Waals surface area (Å²) >= 11 is 0. The first-order valence-corrected chi connectivity index (χ1v) is 6.01. The number of hydrogen-bond acceptors (Lipinski definition) is 5. The largest absolute Gasteiger partial charge is 0.485 e. The summed E-state index contributed by atoms with van der Waals surface area (Å²) in [6.45, 7) is 5.47. The van der Waals surface area contributed by atoms with Crippen molar-refractivity contribution in [3.8, 4) is 5.75 Å². The Morgan fingerprint density at radius 2 is 2.33 bits per heavy atom. The van der Waals surface area contributed by atoms with Crippen molar-refractivity contribution in [2.75, 3.05) is 6.54 Å². The molecule has 0 saturated heterocycles. The van der Waals surface area contributed by atoms with Crippen LogP contribution in [-0.2, 0) is 6.61 Å². The summed E-state index contributed by atoms with van der Waals surface area (Å²) in [5.41, 5.74) is 1.20. The molecule has 1 aromatic carbocycles. The van der Waals surface area contributed by atoms with Crippen LogP contribution in [0.3, 0.4) is 0 Å². The van der Waals surface area contributed by atoms with E-state index in [2.05, 4.69) is 39.9 Å². The number of ether oxygens (including phenoxy) is 1. The minimum atomic E-state index is 0.309. The maximum absolute atomic E-state index is 5.61. The number of nitrogens with one attached hydrogen (secondary N) is 1. The molecule has 1 heterocycles. The fraction of sp³-hybridized carbons (Fsp3) is 0.385. The average Bonchev–Trinajstić information content (AvgIpc) is 2.90. The highest BCUT2D eigenvalue weighted by atomic mass is 16.5. The first-order valence-electron chi connectivity index (χ1n) is 6.01. The third kappa shape index (κ3) is 3.30. The predicted molar refractivity (Wildman–Crippen MR) is 67.2 cm³/mol. The zero-order chi connectivity index (χ0) is 12.8. The average molecular weight is 247 g/mol. The standard InChI is InChI=1S/C13H17N3O2/c1-3-14-10(2)11-5-4-6-12(7-11)17-8-13-15-9-18-16-13/h4-7,9-10,14H,3,8H2,1-2H3. The molecule has 5 nitrogen and oxygen atoms in total. The minimum absolute atomic E-state index is 0.309. The van der Waals surface area contributed by atoms with Crippen molar-refractivity contribution in [1.29, 1.82) is 0 Å². The number of hydrogen-bond donors (Lipinski definition) is 1. The van der Waals surface area contributed by atoms with E-state index in [1.54, 1.807) is 0 Å². The van der Waals surface area contributed by atoms with Gasteiger partial charge in [-0.1, -0.05) is 24.2 Å². The second-order valence-corrected chi connectivity index (χ2v) is 3.99. The van der Waals surface area contributed by atoms with E-state index in [0.717, 1.165) is 12.3 Å². The highest BCUT2D eigenvalue weighted by molar-refractivity contribution is 5.30. The van der Waals surface area contributed by atoms with E-state index in [1.165, 1.54) is 12.0 Å². The molecule has 0 saturated carbocycles. The van der Waals surface area contributed by atoms with Gasteiger partial charge in [0.1, 0.15) is 5.75 Å². The van der Waals surface area contributed by atoms with Crippen molar-refractivity contribution in [3.63, 3.8) is 0 Å². The van der Waals surface area contributed by atoms with Crippen LogP contribution in [0.15, 0.2) is 35.2 Å². The summed E-state index contributed by atoms with van der Waals surface area (Å²) in [6.07, 6.45) is 1.29. The molecule has 1 unspecified atom stereocenters. The third-order valence-electron chi connectivity index (χ3n) is 2.64. The zero-order valence-corrected chi connectivity index (χ0v) is 10.6. The van der Waals surface area contributed by atoms with Crippen molar-refractivity contribution >= 4 is 0 Å². The van der Waals surface area contributed by atoms with Crippen LogP contribution in [0.25, 0.3) is 0 Å². The third-order valence-corrected chi connectivity index (χ3v) is 2.64. The van der Waals surface area contributed by atoms with Gasteiger partial charge in [0.05, 0.1) is 0 Å². The first kappa shape index (κ1) is 12.6. The maximum atomic E-state index is 5.61. The van der Waals surface area contributed by atoms with Crippen molar-refractivity contribution in [2.24, 2.45) is 0 Å². The lowest BCUT2D eigenvalue weighted by molar-refractivity contribution is 0.286. The highest BCUT2D eigenvalue weighted by Crippen LogP contribution is 2.19. The molecule has 5 heteroatoms. The summed E-state index contributed by atoms with van der Waals surface area (Å²) < 4.78 is 10.3. The van der Waals surface area contributed by atoms with E-state index in [1.807, 2.05) is 18.2 Å². The van der Waals surface area contributed by atoms with Crippen molar-refractivity contribution in [3.05, 3.63) is 42.0 Å². The second kappa shape index (κ2) is 6.16. The Hall–Kier alpha value is -1.88. The molecule has 1 atom stereocenters. The Labute approximate surface area is 106 Å². The van der Waals surface area contributed by atoms with Crippen LogP contribution >= 0.6 is 0 Å². The van der Waals surface area contributed by atoms with Crippen molar-refractivity contribution < 1.29 is 9.26 Å². The zero-order valence-electron chi connectivity index (χ0n) is 10.6. The molecule has 96 valence electrons. The van der Waals surface area contributed by atoms with E-state index < -0.39 is 0 Å². The number of rotatable bonds is 6. The molecule has 18 heavy (non-hydrogen) atoms. The Balaban J connectivity index is 1.98. The predicted octanol–water partition coefficient (Wildman–Crippen LogP) is 2.32. The van der Waals surface area contributed by atoms with Crippen LogP contribution in [0.5, 0.6) is 5.75 Å². The quantitative estimate of drug-likeness (QED) is 0.848. The molecule has 2 rings (SSSR count). The van der Waals surface area contributed by atoms with E-state index in [0.29, 0.717) is 18.5 Å². The van der Waals surface area contributed by atoms with Gasteiger partial charge in [0.25, 0.3) is 0 Å². The Bertz CT molecular complexity index is 471. The molecule has 1 aromatic heterocycles. The lowest BCUT2D eigenvalue weighted by Crippen LogP contribution is -2.17. The number of aromatic nitrogens is 2. The summed E-state index contributed by atoms with van der Waals surface area (Å²) in [5, 5.41) is 7.06. The van der Waals surface area contributed by atoms with Gasteiger partial charge in [0, 0.05) is 6.04 Å². The molecule has 1 N–H and O–H groups in total. The first-order chi connectivity index (χ1) is 8.79. The molecule has 2 aromatic rings. The van der Waals surface area contributed by atoms with Gasteiger partial charge in [-0.05, 0) is 31.2 Å². The summed E-state index contributed by atoms with van der Waals surface area (Å²) in [5.74, 6) is 1.35. The SMILES string of the molecule is CCNC(C)c1cccc(OCc2ncon2)c1. The molecule has 0 aliphatic carbocycles.